The molecule has 0 aliphatic rings. The summed E-state index contributed by atoms with van der Waals surface area (Å²) >= 11 is 3.32. The highest BCUT2D eigenvalue weighted by Gasteiger charge is 2.11. The van der Waals surface area contributed by atoms with E-state index in [0.717, 1.165) is 11.1 Å². The molecule has 0 heterocycles. The van der Waals surface area contributed by atoms with Crippen molar-refractivity contribution in [1.82, 2.24) is 0 Å². The summed E-state index contributed by atoms with van der Waals surface area (Å²) in [7, 11) is 1.32. The van der Waals surface area contributed by atoms with E-state index in [9.17, 15) is 4.79 Å². The van der Waals surface area contributed by atoms with Gasteiger partial charge in [-0.1, -0.05) is 15.9 Å². The van der Waals surface area contributed by atoms with Crippen molar-refractivity contribution in [2.45, 2.75) is 12.3 Å². The third-order valence-corrected chi connectivity index (χ3v) is 2.80. The Morgan fingerprint density at radius 2 is 2.27 bits per heavy atom. The zero-order valence-corrected chi connectivity index (χ0v) is 10.1. The van der Waals surface area contributed by atoms with Gasteiger partial charge < -0.3 is 4.74 Å². The topological polar surface area (TPSA) is 50.1 Å². The minimum atomic E-state index is -0.422. The van der Waals surface area contributed by atoms with Gasteiger partial charge in [-0.15, -0.1) is 0 Å². The predicted octanol–water partition coefficient (Wildman–Crippen LogP) is 2.55. The molecular formula is C11H10BrNO2. The molecular weight excluding hydrogens is 258 g/mol. The lowest BCUT2D eigenvalue weighted by Crippen LogP contribution is -2.04. The van der Waals surface area contributed by atoms with E-state index in [1.807, 2.05) is 6.92 Å². The van der Waals surface area contributed by atoms with Crippen molar-refractivity contribution < 1.29 is 9.53 Å². The normalized spacial score (nSPS) is 9.47. The Labute approximate surface area is 96.8 Å². The fourth-order valence-corrected chi connectivity index (χ4v) is 1.85. The molecule has 0 aliphatic heterocycles. The number of carbonyl (C=O) groups excluding carboxylic acids is 1. The quantitative estimate of drug-likeness (QED) is 0.611. The van der Waals surface area contributed by atoms with Gasteiger partial charge in [-0.2, -0.15) is 5.26 Å². The van der Waals surface area contributed by atoms with Crippen molar-refractivity contribution in [3.63, 3.8) is 0 Å². The number of ether oxygens (including phenoxy) is 1. The fraction of sp³-hybridized carbons (Fsp3) is 0.273. The van der Waals surface area contributed by atoms with E-state index in [2.05, 4.69) is 26.7 Å². The van der Waals surface area contributed by atoms with Gasteiger partial charge >= 0.3 is 5.97 Å². The molecule has 0 aromatic heterocycles. The lowest BCUT2D eigenvalue weighted by Gasteiger charge is -2.07. The molecule has 15 heavy (non-hydrogen) atoms. The molecule has 1 aromatic rings. The highest BCUT2D eigenvalue weighted by molar-refractivity contribution is 9.08. The average molecular weight is 268 g/mol. The van der Waals surface area contributed by atoms with Gasteiger partial charge in [0, 0.05) is 5.33 Å². The van der Waals surface area contributed by atoms with E-state index >= 15 is 0 Å². The highest BCUT2D eigenvalue weighted by atomic mass is 79.9. The number of nitriles is 1. The number of hydrogen-bond donors (Lipinski definition) is 0. The maximum atomic E-state index is 11.3. The van der Waals surface area contributed by atoms with E-state index in [1.165, 1.54) is 7.11 Å². The first-order valence-electron chi connectivity index (χ1n) is 4.32. The lowest BCUT2D eigenvalue weighted by molar-refractivity contribution is 0.0600. The molecule has 1 rings (SSSR count). The van der Waals surface area contributed by atoms with E-state index in [0.29, 0.717) is 16.5 Å². The second-order valence-electron chi connectivity index (χ2n) is 3.04. The summed E-state index contributed by atoms with van der Waals surface area (Å²) in [6.45, 7) is 1.86. The minimum Gasteiger partial charge on any atom is -0.465 e. The van der Waals surface area contributed by atoms with Crippen LogP contribution in [-0.4, -0.2) is 13.1 Å². The minimum absolute atomic E-state index is 0.411. The molecule has 0 fully saturated rings. The lowest BCUT2D eigenvalue weighted by atomic mass is 10.0. The van der Waals surface area contributed by atoms with E-state index in [4.69, 9.17) is 5.26 Å². The van der Waals surface area contributed by atoms with E-state index < -0.39 is 5.97 Å². The van der Waals surface area contributed by atoms with E-state index in [1.54, 1.807) is 12.1 Å². The summed E-state index contributed by atoms with van der Waals surface area (Å²) in [5.41, 5.74) is 2.73. The van der Waals surface area contributed by atoms with Crippen LogP contribution in [-0.2, 0) is 10.1 Å². The molecule has 3 nitrogen and oxygen atoms in total. The molecule has 0 amide bonds. The van der Waals surface area contributed by atoms with Gasteiger partial charge in [-0.3, -0.25) is 0 Å². The Morgan fingerprint density at radius 1 is 1.60 bits per heavy atom. The molecule has 0 N–H and O–H groups in total. The molecule has 0 atom stereocenters. The Balaban J connectivity index is 3.34. The van der Waals surface area contributed by atoms with Gasteiger partial charge in [0.1, 0.15) is 0 Å². The summed E-state index contributed by atoms with van der Waals surface area (Å²) in [5.74, 6) is -0.422. The molecule has 78 valence electrons. The third kappa shape index (κ3) is 2.37. The first-order chi connectivity index (χ1) is 7.13. The summed E-state index contributed by atoms with van der Waals surface area (Å²) in [5, 5.41) is 9.51. The first kappa shape index (κ1) is 11.7. The first-order valence-corrected chi connectivity index (χ1v) is 5.44. The molecule has 0 unspecified atom stereocenters. The van der Waals surface area contributed by atoms with Gasteiger partial charge in [-0.05, 0) is 30.2 Å². The van der Waals surface area contributed by atoms with Crippen LogP contribution in [0, 0.1) is 18.3 Å². The molecule has 4 heteroatoms. The maximum absolute atomic E-state index is 11.3. The number of esters is 1. The zero-order chi connectivity index (χ0) is 11.4. The molecule has 0 radical (unpaired) electrons. The van der Waals surface area contributed by atoms with Gasteiger partial charge in [-0.25, -0.2) is 4.79 Å². The number of alkyl halides is 1. The Hall–Kier alpha value is -1.34. The van der Waals surface area contributed by atoms with Crippen molar-refractivity contribution in [3.8, 4) is 6.07 Å². The summed E-state index contributed by atoms with van der Waals surface area (Å²) < 4.78 is 4.61. The second kappa shape index (κ2) is 4.94. The Kier molecular flexibility index (Phi) is 3.87. The SMILES string of the molecule is COC(=O)c1cc(C#N)c(C)c(CBr)c1. The van der Waals surface area contributed by atoms with Crippen LogP contribution < -0.4 is 0 Å². The molecule has 0 spiro atoms. The van der Waals surface area contributed by atoms with Gasteiger partial charge in [0.2, 0.25) is 0 Å². The molecule has 0 bridgehead atoms. The molecule has 0 saturated heterocycles. The molecule has 0 saturated carbocycles. The second-order valence-corrected chi connectivity index (χ2v) is 3.61. The maximum Gasteiger partial charge on any atom is 0.337 e. The van der Waals surface area contributed by atoms with Gasteiger partial charge in [0.15, 0.2) is 0 Å². The van der Waals surface area contributed by atoms with Crippen LogP contribution in [0.4, 0.5) is 0 Å². The zero-order valence-electron chi connectivity index (χ0n) is 8.50. The van der Waals surface area contributed by atoms with Crippen LogP contribution in [0.5, 0.6) is 0 Å². The largest absolute Gasteiger partial charge is 0.465 e. The summed E-state index contributed by atoms with van der Waals surface area (Å²) in [6, 6.07) is 5.34. The van der Waals surface area contributed by atoms with Crippen LogP contribution in [0.1, 0.15) is 27.0 Å². The average Bonchev–Trinajstić information content (AvgIpc) is 2.28. The summed E-state index contributed by atoms with van der Waals surface area (Å²) in [6.07, 6.45) is 0. The van der Waals surface area contributed by atoms with Crippen LogP contribution in [0.2, 0.25) is 0 Å². The van der Waals surface area contributed by atoms with Crippen molar-refractivity contribution >= 4 is 21.9 Å². The van der Waals surface area contributed by atoms with Crippen molar-refractivity contribution in [2.24, 2.45) is 0 Å². The third-order valence-electron chi connectivity index (χ3n) is 2.20. The van der Waals surface area contributed by atoms with Crippen molar-refractivity contribution in [3.05, 3.63) is 34.4 Å². The number of hydrogen-bond acceptors (Lipinski definition) is 3. The monoisotopic (exact) mass is 267 g/mol. The number of benzene rings is 1. The fourth-order valence-electron chi connectivity index (χ4n) is 1.26. The smallest absolute Gasteiger partial charge is 0.337 e. The van der Waals surface area contributed by atoms with Gasteiger partial charge in [0.05, 0.1) is 24.3 Å². The predicted molar refractivity (Wildman–Crippen MR) is 59.9 cm³/mol. The van der Waals surface area contributed by atoms with Crippen LogP contribution in [0.15, 0.2) is 12.1 Å². The number of methoxy groups -OCH3 is 1. The molecule has 0 aliphatic carbocycles. The number of carbonyl (C=O) groups is 1. The van der Waals surface area contributed by atoms with Crippen LogP contribution in [0.25, 0.3) is 0 Å². The number of rotatable bonds is 2. The highest BCUT2D eigenvalue weighted by Crippen LogP contribution is 2.19. The van der Waals surface area contributed by atoms with Crippen LogP contribution >= 0.6 is 15.9 Å². The van der Waals surface area contributed by atoms with Gasteiger partial charge in [0.25, 0.3) is 0 Å². The van der Waals surface area contributed by atoms with Crippen molar-refractivity contribution in [2.75, 3.05) is 7.11 Å². The van der Waals surface area contributed by atoms with Crippen molar-refractivity contribution in [1.29, 1.82) is 5.26 Å². The number of nitrogens with zero attached hydrogens (tertiary/aromatic N) is 1. The van der Waals surface area contributed by atoms with E-state index in [-0.39, 0.29) is 0 Å². The Bertz CT molecular complexity index is 435. The van der Waals surface area contributed by atoms with Crippen LogP contribution in [0.3, 0.4) is 0 Å². The summed E-state index contributed by atoms with van der Waals surface area (Å²) in [4.78, 5) is 11.3. The standard InChI is InChI=1S/C11H10BrNO2/c1-7-9(5-12)3-8(11(14)15-2)4-10(7)6-13/h3-4H,5H2,1-2H3. The number of halogens is 1. The Morgan fingerprint density at radius 3 is 2.73 bits per heavy atom. The molecule has 1 aromatic carbocycles.